The van der Waals surface area contributed by atoms with Crippen LogP contribution >= 0.6 is 11.6 Å². The number of halogens is 1. The molecular weight excluding hydrogens is 298 g/mol. The number of amides is 1. The van der Waals surface area contributed by atoms with Gasteiger partial charge in [0.2, 0.25) is 0 Å². The van der Waals surface area contributed by atoms with Crippen molar-refractivity contribution in [2.45, 2.75) is 25.9 Å². The van der Waals surface area contributed by atoms with E-state index in [4.69, 9.17) is 21.4 Å². The molecule has 1 aromatic rings. The summed E-state index contributed by atoms with van der Waals surface area (Å²) in [5, 5.41) is 21.4. The van der Waals surface area contributed by atoms with Gasteiger partial charge >= 0.3 is 5.97 Å². The molecule has 21 heavy (non-hydrogen) atoms. The molecule has 0 saturated heterocycles. The monoisotopic (exact) mass is 315 g/mol. The van der Waals surface area contributed by atoms with E-state index in [9.17, 15) is 14.7 Å². The second-order valence-electron chi connectivity index (χ2n) is 5.04. The zero-order valence-electron chi connectivity index (χ0n) is 11.9. The summed E-state index contributed by atoms with van der Waals surface area (Å²) in [5.74, 6) is -1.08. The Labute approximate surface area is 127 Å². The Morgan fingerprint density at radius 1 is 1.43 bits per heavy atom. The fourth-order valence-electron chi connectivity index (χ4n) is 1.58. The van der Waals surface area contributed by atoms with Crippen molar-refractivity contribution in [3.63, 3.8) is 0 Å². The van der Waals surface area contributed by atoms with Crippen LogP contribution in [0.3, 0.4) is 0 Å². The van der Waals surface area contributed by atoms with Crippen molar-refractivity contribution in [2.24, 2.45) is 0 Å². The van der Waals surface area contributed by atoms with E-state index in [2.05, 4.69) is 5.32 Å². The fourth-order valence-corrected chi connectivity index (χ4v) is 1.70. The van der Waals surface area contributed by atoms with Crippen LogP contribution in [-0.4, -0.2) is 40.8 Å². The quantitative estimate of drug-likeness (QED) is 0.706. The molecule has 1 aromatic carbocycles. The van der Waals surface area contributed by atoms with Gasteiger partial charge in [-0.05, 0) is 37.6 Å². The molecule has 0 aromatic heterocycles. The van der Waals surface area contributed by atoms with Crippen molar-refractivity contribution in [2.75, 3.05) is 13.2 Å². The molecular formula is C14H18ClNO5. The average molecular weight is 316 g/mol. The Morgan fingerprint density at radius 3 is 2.67 bits per heavy atom. The molecule has 3 N–H and O–H groups in total. The van der Waals surface area contributed by atoms with Crippen LogP contribution in [0.15, 0.2) is 18.2 Å². The number of rotatable bonds is 7. The number of ether oxygens (including phenoxy) is 1. The van der Waals surface area contributed by atoms with E-state index < -0.39 is 23.9 Å². The lowest BCUT2D eigenvalue weighted by Gasteiger charge is -2.21. The zero-order chi connectivity index (χ0) is 16.0. The molecule has 7 heteroatoms. The van der Waals surface area contributed by atoms with Gasteiger partial charge in [0.1, 0.15) is 5.75 Å². The van der Waals surface area contributed by atoms with Gasteiger partial charge in [-0.1, -0.05) is 11.6 Å². The zero-order valence-corrected chi connectivity index (χ0v) is 12.6. The van der Waals surface area contributed by atoms with Gasteiger partial charge in [0.25, 0.3) is 5.91 Å². The third kappa shape index (κ3) is 6.46. The minimum Gasteiger partial charge on any atom is -0.484 e. The largest absolute Gasteiger partial charge is 0.484 e. The minimum atomic E-state index is -1.50. The summed E-state index contributed by atoms with van der Waals surface area (Å²) in [6.45, 7) is 2.76. The lowest BCUT2D eigenvalue weighted by Crippen LogP contribution is -2.43. The van der Waals surface area contributed by atoms with E-state index in [0.29, 0.717) is 10.8 Å². The Balaban J connectivity index is 2.40. The highest BCUT2D eigenvalue weighted by Crippen LogP contribution is 2.20. The molecule has 0 spiro atoms. The molecule has 0 aliphatic heterocycles. The SMILES string of the molecule is Cc1cc(OCC(=O)NCC(C)(O)CC(=O)O)ccc1Cl. The van der Waals surface area contributed by atoms with Gasteiger partial charge in [0.15, 0.2) is 6.61 Å². The van der Waals surface area contributed by atoms with Crippen molar-refractivity contribution in [1.29, 1.82) is 0 Å². The number of aryl methyl sites for hydroxylation is 1. The lowest BCUT2D eigenvalue weighted by atomic mass is 10.0. The molecule has 0 heterocycles. The highest BCUT2D eigenvalue weighted by Gasteiger charge is 2.24. The molecule has 0 radical (unpaired) electrons. The summed E-state index contributed by atoms with van der Waals surface area (Å²) in [6, 6.07) is 5.02. The van der Waals surface area contributed by atoms with Crippen LogP contribution in [0.5, 0.6) is 5.75 Å². The van der Waals surface area contributed by atoms with Gasteiger partial charge in [-0.2, -0.15) is 0 Å². The van der Waals surface area contributed by atoms with Gasteiger partial charge in [-0.25, -0.2) is 0 Å². The van der Waals surface area contributed by atoms with E-state index in [1.807, 2.05) is 6.92 Å². The summed E-state index contributed by atoms with van der Waals surface area (Å²) in [4.78, 5) is 22.1. The second-order valence-corrected chi connectivity index (χ2v) is 5.45. The van der Waals surface area contributed by atoms with E-state index in [1.54, 1.807) is 18.2 Å². The van der Waals surface area contributed by atoms with Gasteiger partial charge in [-0.15, -0.1) is 0 Å². The van der Waals surface area contributed by atoms with Crippen LogP contribution in [0.4, 0.5) is 0 Å². The summed E-state index contributed by atoms with van der Waals surface area (Å²) in [6.07, 6.45) is -0.454. The first-order valence-corrected chi connectivity index (χ1v) is 6.67. The Kier molecular flexibility index (Phi) is 5.99. The lowest BCUT2D eigenvalue weighted by molar-refractivity contribution is -0.142. The van der Waals surface area contributed by atoms with Gasteiger partial charge in [0, 0.05) is 11.6 Å². The maximum absolute atomic E-state index is 11.6. The van der Waals surface area contributed by atoms with Crippen LogP contribution in [-0.2, 0) is 9.59 Å². The van der Waals surface area contributed by atoms with Crippen molar-refractivity contribution in [3.05, 3.63) is 28.8 Å². The summed E-state index contributed by atoms with van der Waals surface area (Å²) in [5.41, 5.74) is -0.669. The van der Waals surface area contributed by atoms with Crippen LogP contribution in [0.25, 0.3) is 0 Å². The summed E-state index contributed by atoms with van der Waals surface area (Å²) in [7, 11) is 0. The van der Waals surface area contributed by atoms with Crippen LogP contribution in [0.1, 0.15) is 18.9 Å². The minimum absolute atomic E-state index is 0.166. The van der Waals surface area contributed by atoms with Gasteiger partial charge in [0.05, 0.1) is 12.0 Å². The molecule has 0 saturated carbocycles. The van der Waals surface area contributed by atoms with E-state index in [-0.39, 0.29) is 13.2 Å². The molecule has 6 nitrogen and oxygen atoms in total. The number of carbonyl (C=O) groups is 2. The molecule has 1 amide bonds. The second kappa shape index (κ2) is 7.28. The third-order valence-corrected chi connectivity index (χ3v) is 3.12. The first-order chi connectivity index (χ1) is 9.69. The number of nitrogens with one attached hydrogen (secondary N) is 1. The molecule has 0 aliphatic carbocycles. The molecule has 0 fully saturated rings. The predicted octanol–water partition coefficient (Wildman–Crippen LogP) is 1.37. The van der Waals surface area contributed by atoms with E-state index in [0.717, 1.165) is 5.56 Å². The smallest absolute Gasteiger partial charge is 0.306 e. The molecule has 0 aliphatic rings. The first kappa shape index (κ1) is 17.3. The molecule has 116 valence electrons. The maximum atomic E-state index is 11.6. The number of carboxylic acid groups (broad SMARTS) is 1. The van der Waals surface area contributed by atoms with Crippen LogP contribution in [0.2, 0.25) is 5.02 Å². The first-order valence-electron chi connectivity index (χ1n) is 6.29. The maximum Gasteiger partial charge on any atom is 0.306 e. The van der Waals surface area contributed by atoms with Crippen molar-refractivity contribution < 1.29 is 24.5 Å². The Bertz CT molecular complexity index is 530. The van der Waals surface area contributed by atoms with Crippen molar-refractivity contribution in [1.82, 2.24) is 5.32 Å². The molecule has 0 bridgehead atoms. The molecule has 1 atom stereocenters. The number of carboxylic acids is 1. The number of aliphatic hydroxyl groups is 1. The summed E-state index contributed by atoms with van der Waals surface area (Å²) >= 11 is 5.87. The normalized spacial score (nSPS) is 13.3. The molecule has 1 rings (SSSR count). The van der Waals surface area contributed by atoms with Crippen LogP contribution in [0, 0.1) is 6.92 Å². The number of benzene rings is 1. The topological polar surface area (TPSA) is 95.9 Å². The van der Waals surface area contributed by atoms with E-state index >= 15 is 0 Å². The predicted molar refractivity (Wildman–Crippen MR) is 77.6 cm³/mol. The Hall–Kier alpha value is -1.79. The summed E-state index contributed by atoms with van der Waals surface area (Å²) < 4.78 is 5.28. The number of carbonyl (C=O) groups excluding carboxylic acids is 1. The third-order valence-electron chi connectivity index (χ3n) is 2.70. The standard InChI is InChI=1S/C14H18ClNO5/c1-9-5-10(3-4-11(9)15)21-7-12(17)16-8-14(2,20)6-13(18)19/h3-5,20H,6-8H2,1-2H3,(H,16,17)(H,18,19). The van der Waals surface area contributed by atoms with Gasteiger partial charge in [-0.3, -0.25) is 9.59 Å². The van der Waals surface area contributed by atoms with Gasteiger partial charge < -0.3 is 20.3 Å². The van der Waals surface area contributed by atoms with Crippen molar-refractivity contribution >= 4 is 23.5 Å². The fraction of sp³-hybridized carbons (Fsp3) is 0.429. The van der Waals surface area contributed by atoms with Crippen molar-refractivity contribution in [3.8, 4) is 5.75 Å². The highest BCUT2D eigenvalue weighted by atomic mass is 35.5. The van der Waals surface area contributed by atoms with Crippen LogP contribution < -0.4 is 10.1 Å². The Morgan fingerprint density at radius 2 is 2.10 bits per heavy atom. The number of hydrogen-bond donors (Lipinski definition) is 3. The van der Waals surface area contributed by atoms with E-state index in [1.165, 1.54) is 6.92 Å². The highest BCUT2D eigenvalue weighted by molar-refractivity contribution is 6.31. The number of hydrogen-bond acceptors (Lipinski definition) is 4. The number of aliphatic carboxylic acids is 1. The molecule has 1 unspecified atom stereocenters. The average Bonchev–Trinajstić information content (AvgIpc) is 2.36.